The monoisotopic (exact) mass is 284 g/mol. The summed E-state index contributed by atoms with van der Waals surface area (Å²) in [5, 5.41) is 0. The molecular formula is C18H20OS. The van der Waals surface area contributed by atoms with E-state index in [1.165, 1.54) is 5.56 Å². The fourth-order valence-electron chi connectivity index (χ4n) is 1.98. The lowest BCUT2D eigenvalue weighted by molar-refractivity contribution is -0.116. The van der Waals surface area contributed by atoms with Gasteiger partial charge in [-0.3, -0.25) is 4.79 Å². The summed E-state index contributed by atoms with van der Waals surface area (Å²) in [6.07, 6.45) is 0.526. The standard InChI is InChI=1S/C18H20OS/c1-14(2)16-10-8-15(9-11-16)12-17(19)13-20-18-6-4-3-5-7-18/h3-11,14H,12-13H2,1-2H3. The predicted octanol–water partition coefficient (Wildman–Crippen LogP) is 4.71. The molecule has 0 bridgehead atoms. The summed E-state index contributed by atoms with van der Waals surface area (Å²) >= 11 is 1.61. The van der Waals surface area contributed by atoms with Crippen LogP contribution in [0, 0.1) is 0 Å². The molecule has 0 fully saturated rings. The van der Waals surface area contributed by atoms with Crippen molar-refractivity contribution in [3.05, 3.63) is 65.7 Å². The van der Waals surface area contributed by atoms with Gasteiger partial charge in [-0.2, -0.15) is 0 Å². The molecule has 0 N–H and O–H groups in total. The van der Waals surface area contributed by atoms with E-state index in [4.69, 9.17) is 0 Å². The normalized spacial score (nSPS) is 10.8. The minimum Gasteiger partial charge on any atom is -0.298 e. The maximum Gasteiger partial charge on any atom is 0.147 e. The van der Waals surface area contributed by atoms with E-state index >= 15 is 0 Å². The van der Waals surface area contributed by atoms with Gasteiger partial charge in [-0.15, -0.1) is 11.8 Å². The lowest BCUT2D eigenvalue weighted by Crippen LogP contribution is -2.05. The van der Waals surface area contributed by atoms with E-state index in [2.05, 4.69) is 38.1 Å². The van der Waals surface area contributed by atoms with Gasteiger partial charge in [-0.1, -0.05) is 56.3 Å². The summed E-state index contributed by atoms with van der Waals surface area (Å²) in [7, 11) is 0. The van der Waals surface area contributed by atoms with Gasteiger partial charge >= 0.3 is 0 Å². The number of carbonyl (C=O) groups excluding carboxylic acids is 1. The zero-order valence-corrected chi connectivity index (χ0v) is 12.8. The van der Waals surface area contributed by atoms with Crippen molar-refractivity contribution in [1.29, 1.82) is 0 Å². The second kappa shape index (κ2) is 7.30. The van der Waals surface area contributed by atoms with E-state index in [-0.39, 0.29) is 5.78 Å². The molecule has 0 spiro atoms. The Morgan fingerprint density at radius 3 is 2.25 bits per heavy atom. The summed E-state index contributed by atoms with van der Waals surface area (Å²) in [5.41, 5.74) is 2.42. The third kappa shape index (κ3) is 4.53. The minimum atomic E-state index is 0.274. The molecule has 0 radical (unpaired) electrons. The zero-order valence-electron chi connectivity index (χ0n) is 12.0. The Balaban J connectivity index is 1.85. The van der Waals surface area contributed by atoms with Gasteiger partial charge in [0.05, 0.1) is 5.75 Å². The molecule has 0 saturated heterocycles. The van der Waals surface area contributed by atoms with E-state index in [1.54, 1.807) is 11.8 Å². The SMILES string of the molecule is CC(C)c1ccc(CC(=O)CSc2ccccc2)cc1. The quantitative estimate of drug-likeness (QED) is 0.714. The molecule has 0 aromatic heterocycles. The largest absolute Gasteiger partial charge is 0.298 e. The first-order valence-electron chi connectivity index (χ1n) is 6.93. The molecule has 0 heterocycles. The highest BCUT2D eigenvalue weighted by Crippen LogP contribution is 2.18. The zero-order chi connectivity index (χ0) is 14.4. The van der Waals surface area contributed by atoms with Crippen molar-refractivity contribution < 1.29 is 4.79 Å². The van der Waals surface area contributed by atoms with Gasteiger partial charge in [0.1, 0.15) is 5.78 Å². The van der Waals surface area contributed by atoms with Gasteiger partial charge in [0.2, 0.25) is 0 Å². The number of hydrogen-bond acceptors (Lipinski definition) is 2. The Bertz CT molecular complexity index is 543. The molecule has 2 heteroatoms. The lowest BCUT2D eigenvalue weighted by atomic mass is 10.0. The second-order valence-corrected chi connectivity index (χ2v) is 6.26. The van der Waals surface area contributed by atoms with Gasteiger partial charge in [-0.25, -0.2) is 0 Å². The minimum absolute atomic E-state index is 0.274. The fraction of sp³-hybridized carbons (Fsp3) is 0.278. The fourth-order valence-corrected chi connectivity index (χ4v) is 2.76. The van der Waals surface area contributed by atoms with E-state index < -0.39 is 0 Å². The molecular weight excluding hydrogens is 264 g/mol. The van der Waals surface area contributed by atoms with Crippen LogP contribution in [0.2, 0.25) is 0 Å². The highest BCUT2D eigenvalue weighted by atomic mass is 32.2. The van der Waals surface area contributed by atoms with E-state index in [0.717, 1.165) is 10.5 Å². The first-order chi connectivity index (χ1) is 9.65. The van der Waals surface area contributed by atoms with Crippen LogP contribution in [0.4, 0.5) is 0 Å². The maximum atomic E-state index is 12.0. The Labute approximate surface area is 125 Å². The molecule has 104 valence electrons. The van der Waals surface area contributed by atoms with Crippen molar-refractivity contribution in [1.82, 2.24) is 0 Å². The summed E-state index contributed by atoms with van der Waals surface area (Å²) < 4.78 is 0. The summed E-state index contributed by atoms with van der Waals surface area (Å²) in [5.74, 6) is 1.35. The summed E-state index contributed by atoms with van der Waals surface area (Å²) in [6, 6.07) is 18.4. The number of rotatable bonds is 6. The average molecular weight is 284 g/mol. The number of Topliss-reactive ketones (excluding diaryl/α,β-unsaturated/α-hetero) is 1. The smallest absolute Gasteiger partial charge is 0.147 e. The van der Waals surface area contributed by atoms with E-state index in [0.29, 0.717) is 18.1 Å². The topological polar surface area (TPSA) is 17.1 Å². The van der Waals surface area contributed by atoms with Crippen LogP contribution in [0.25, 0.3) is 0 Å². The second-order valence-electron chi connectivity index (χ2n) is 5.21. The van der Waals surface area contributed by atoms with Crippen molar-refractivity contribution in [2.75, 3.05) is 5.75 Å². The molecule has 2 aromatic carbocycles. The third-order valence-corrected chi connectivity index (χ3v) is 4.26. The molecule has 20 heavy (non-hydrogen) atoms. The van der Waals surface area contributed by atoms with Crippen LogP contribution in [-0.4, -0.2) is 11.5 Å². The van der Waals surface area contributed by atoms with Crippen LogP contribution in [0.1, 0.15) is 30.9 Å². The van der Waals surface area contributed by atoms with Crippen molar-refractivity contribution in [2.45, 2.75) is 31.1 Å². The first kappa shape index (κ1) is 14.9. The van der Waals surface area contributed by atoms with Gasteiger partial charge in [0.25, 0.3) is 0 Å². The molecule has 0 aliphatic heterocycles. The highest BCUT2D eigenvalue weighted by Gasteiger charge is 2.06. The molecule has 2 rings (SSSR count). The lowest BCUT2D eigenvalue weighted by Gasteiger charge is -2.06. The van der Waals surface area contributed by atoms with E-state index in [1.807, 2.05) is 30.3 Å². The van der Waals surface area contributed by atoms with E-state index in [9.17, 15) is 4.79 Å². The first-order valence-corrected chi connectivity index (χ1v) is 7.92. The molecule has 1 nitrogen and oxygen atoms in total. The summed E-state index contributed by atoms with van der Waals surface area (Å²) in [4.78, 5) is 13.1. The van der Waals surface area contributed by atoms with Crippen LogP contribution in [0.15, 0.2) is 59.5 Å². The van der Waals surface area contributed by atoms with Crippen molar-refractivity contribution >= 4 is 17.5 Å². The molecule has 0 atom stereocenters. The number of thioether (sulfide) groups is 1. The van der Waals surface area contributed by atoms with Crippen LogP contribution in [0.3, 0.4) is 0 Å². The summed E-state index contributed by atoms with van der Waals surface area (Å²) in [6.45, 7) is 4.35. The third-order valence-electron chi connectivity index (χ3n) is 3.19. The Kier molecular flexibility index (Phi) is 5.42. The number of hydrogen-bond donors (Lipinski definition) is 0. The molecule has 2 aromatic rings. The molecule has 0 aliphatic rings. The Morgan fingerprint density at radius 2 is 1.65 bits per heavy atom. The van der Waals surface area contributed by atoms with Gasteiger partial charge in [-0.05, 0) is 29.2 Å². The van der Waals surface area contributed by atoms with Crippen molar-refractivity contribution in [3.8, 4) is 0 Å². The molecule has 0 aliphatic carbocycles. The highest BCUT2D eigenvalue weighted by molar-refractivity contribution is 8.00. The molecule has 0 unspecified atom stereocenters. The van der Waals surface area contributed by atoms with Gasteiger partial charge in [0, 0.05) is 11.3 Å². The van der Waals surface area contributed by atoms with Gasteiger partial charge in [0.15, 0.2) is 0 Å². The van der Waals surface area contributed by atoms with Crippen LogP contribution >= 0.6 is 11.8 Å². The Hall–Kier alpha value is -1.54. The van der Waals surface area contributed by atoms with Crippen LogP contribution in [-0.2, 0) is 11.2 Å². The predicted molar refractivity (Wildman–Crippen MR) is 86.4 cm³/mol. The van der Waals surface area contributed by atoms with Crippen molar-refractivity contribution in [3.63, 3.8) is 0 Å². The number of benzene rings is 2. The van der Waals surface area contributed by atoms with Crippen molar-refractivity contribution in [2.24, 2.45) is 0 Å². The average Bonchev–Trinajstić information content (AvgIpc) is 2.47. The number of ketones is 1. The van der Waals surface area contributed by atoms with Crippen LogP contribution < -0.4 is 0 Å². The maximum absolute atomic E-state index is 12.0. The molecule has 0 saturated carbocycles. The molecule has 0 amide bonds. The number of carbonyl (C=O) groups is 1. The Morgan fingerprint density at radius 1 is 1.00 bits per heavy atom. The van der Waals surface area contributed by atoms with Gasteiger partial charge < -0.3 is 0 Å². The van der Waals surface area contributed by atoms with Crippen LogP contribution in [0.5, 0.6) is 0 Å².